The Morgan fingerprint density at radius 2 is 1.45 bits per heavy atom. The van der Waals surface area contributed by atoms with Crippen molar-refractivity contribution in [1.29, 1.82) is 0 Å². The molecule has 0 radical (unpaired) electrons. The predicted octanol–water partition coefficient (Wildman–Crippen LogP) is 5.41. The highest BCUT2D eigenvalue weighted by Gasteiger charge is 2.30. The normalized spacial score (nSPS) is 13.2. The molecule has 4 rings (SSSR count). The van der Waals surface area contributed by atoms with E-state index in [-0.39, 0.29) is 24.0 Å². The van der Waals surface area contributed by atoms with Gasteiger partial charge in [-0.25, -0.2) is 8.78 Å². The van der Waals surface area contributed by atoms with Crippen molar-refractivity contribution in [1.82, 2.24) is 0 Å². The molecule has 1 saturated carbocycles. The summed E-state index contributed by atoms with van der Waals surface area (Å²) in [5.74, 6) is -1.79. The molecule has 0 aromatic heterocycles. The zero-order chi connectivity index (χ0) is 20.4. The number of halogens is 2. The number of rotatable bonds is 6. The van der Waals surface area contributed by atoms with Crippen molar-refractivity contribution in [3.63, 3.8) is 0 Å². The van der Waals surface area contributed by atoms with Crippen molar-refractivity contribution in [2.45, 2.75) is 19.3 Å². The molecule has 3 aromatic carbocycles. The van der Waals surface area contributed by atoms with Crippen LogP contribution in [0.3, 0.4) is 0 Å². The van der Waals surface area contributed by atoms with Gasteiger partial charge in [-0.05, 0) is 53.8 Å². The molecule has 29 heavy (non-hydrogen) atoms. The molecule has 1 amide bonds. The quantitative estimate of drug-likeness (QED) is 0.572. The average molecular weight is 391 g/mol. The molecule has 1 aliphatic rings. The summed E-state index contributed by atoms with van der Waals surface area (Å²) in [5.41, 5.74) is 3.71. The lowest BCUT2D eigenvalue weighted by Gasteiger charge is -2.08. The molecule has 1 fully saturated rings. The van der Waals surface area contributed by atoms with Crippen LogP contribution in [0.25, 0.3) is 11.1 Å². The van der Waals surface area contributed by atoms with E-state index >= 15 is 0 Å². The summed E-state index contributed by atoms with van der Waals surface area (Å²) in [6.07, 6.45) is 1.93. The highest BCUT2D eigenvalue weighted by Crippen LogP contribution is 2.33. The van der Waals surface area contributed by atoms with Crippen LogP contribution in [0.1, 0.15) is 28.8 Å². The Hall–Kier alpha value is -3.34. The summed E-state index contributed by atoms with van der Waals surface area (Å²) in [5, 5.41) is 2.75. The van der Waals surface area contributed by atoms with Gasteiger partial charge in [-0.1, -0.05) is 42.5 Å². The van der Waals surface area contributed by atoms with Crippen molar-refractivity contribution in [3.05, 3.63) is 89.5 Å². The number of ketones is 1. The second-order valence-corrected chi connectivity index (χ2v) is 7.27. The Kier molecular flexibility index (Phi) is 5.21. The molecular weight excluding hydrogens is 372 g/mol. The van der Waals surface area contributed by atoms with E-state index in [2.05, 4.69) is 5.32 Å². The minimum absolute atomic E-state index is 0.0462. The van der Waals surface area contributed by atoms with Crippen LogP contribution in [0.15, 0.2) is 66.7 Å². The van der Waals surface area contributed by atoms with Crippen molar-refractivity contribution < 1.29 is 18.4 Å². The fourth-order valence-electron chi connectivity index (χ4n) is 3.19. The van der Waals surface area contributed by atoms with Crippen molar-refractivity contribution in [3.8, 4) is 11.1 Å². The lowest BCUT2D eigenvalue weighted by atomic mass is 10.0. The molecule has 3 aromatic rings. The van der Waals surface area contributed by atoms with E-state index < -0.39 is 11.6 Å². The Morgan fingerprint density at radius 3 is 2.03 bits per heavy atom. The van der Waals surface area contributed by atoms with Gasteiger partial charge in [0.05, 0.1) is 6.42 Å². The van der Waals surface area contributed by atoms with Gasteiger partial charge in [0.1, 0.15) is 0 Å². The Bertz CT molecular complexity index is 1060. The number of hydrogen-bond acceptors (Lipinski definition) is 2. The molecule has 3 nitrogen and oxygen atoms in total. The van der Waals surface area contributed by atoms with Crippen molar-refractivity contribution >= 4 is 17.4 Å². The molecular formula is C24H19F2NO2. The number of benzene rings is 3. The summed E-state index contributed by atoms with van der Waals surface area (Å²) < 4.78 is 26.2. The average Bonchev–Trinajstić information content (AvgIpc) is 3.56. The maximum absolute atomic E-state index is 13.2. The van der Waals surface area contributed by atoms with Gasteiger partial charge < -0.3 is 5.32 Å². The summed E-state index contributed by atoms with van der Waals surface area (Å²) in [7, 11) is 0. The van der Waals surface area contributed by atoms with Crippen LogP contribution < -0.4 is 5.32 Å². The van der Waals surface area contributed by atoms with Crippen molar-refractivity contribution in [2.24, 2.45) is 5.92 Å². The van der Waals surface area contributed by atoms with E-state index in [4.69, 9.17) is 0 Å². The molecule has 146 valence electrons. The zero-order valence-electron chi connectivity index (χ0n) is 15.6. The van der Waals surface area contributed by atoms with E-state index in [0.717, 1.165) is 41.7 Å². The number of nitrogens with one attached hydrogen (secondary N) is 1. The standard InChI is InChI=1S/C24H19F2NO2/c25-21-12-1-15(13-22(21)26)14-23(28)27-20-10-8-17(9-11-20)16-2-4-18(5-3-16)24(29)19-6-7-19/h1-5,8-13,19H,6-7,14H2,(H,27,28). The second kappa shape index (κ2) is 7.95. The highest BCUT2D eigenvalue weighted by molar-refractivity contribution is 5.99. The molecule has 0 spiro atoms. The van der Waals surface area contributed by atoms with Gasteiger partial charge in [-0.15, -0.1) is 0 Å². The van der Waals surface area contributed by atoms with Crippen LogP contribution >= 0.6 is 0 Å². The van der Waals surface area contributed by atoms with E-state index in [0.29, 0.717) is 11.3 Å². The zero-order valence-corrected chi connectivity index (χ0v) is 15.6. The van der Waals surface area contributed by atoms with Crippen LogP contribution in [-0.4, -0.2) is 11.7 Å². The van der Waals surface area contributed by atoms with Crippen LogP contribution in [0.5, 0.6) is 0 Å². The van der Waals surface area contributed by atoms with Gasteiger partial charge in [-0.2, -0.15) is 0 Å². The third kappa shape index (κ3) is 4.57. The first-order chi connectivity index (χ1) is 14.0. The summed E-state index contributed by atoms with van der Waals surface area (Å²) in [6.45, 7) is 0. The fourth-order valence-corrected chi connectivity index (χ4v) is 3.19. The highest BCUT2D eigenvalue weighted by atomic mass is 19.2. The largest absolute Gasteiger partial charge is 0.326 e. The number of carbonyl (C=O) groups excluding carboxylic acids is 2. The third-order valence-corrected chi connectivity index (χ3v) is 4.97. The number of anilines is 1. The number of hydrogen-bond donors (Lipinski definition) is 1. The molecule has 0 unspecified atom stereocenters. The van der Waals surface area contributed by atoms with Gasteiger partial charge in [0.25, 0.3) is 0 Å². The van der Waals surface area contributed by atoms with E-state index in [1.807, 2.05) is 36.4 Å². The monoisotopic (exact) mass is 391 g/mol. The first kappa shape index (κ1) is 19.0. The third-order valence-electron chi connectivity index (χ3n) is 4.97. The predicted molar refractivity (Wildman–Crippen MR) is 108 cm³/mol. The van der Waals surface area contributed by atoms with E-state index in [1.165, 1.54) is 6.07 Å². The van der Waals surface area contributed by atoms with Crippen LogP contribution in [0.4, 0.5) is 14.5 Å². The second-order valence-electron chi connectivity index (χ2n) is 7.27. The first-order valence-corrected chi connectivity index (χ1v) is 9.48. The molecule has 0 heterocycles. The maximum Gasteiger partial charge on any atom is 0.228 e. The molecule has 0 saturated heterocycles. The van der Waals surface area contributed by atoms with Gasteiger partial charge in [0.2, 0.25) is 5.91 Å². The molecule has 5 heteroatoms. The molecule has 0 aliphatic heterocycles. The van der Waals surface area contributed by atoms with Gasteiger partial charge in [0.15, 0.2) is 17.4 Å². The topological polar surface area (TPSA) is 46.2 Å². The summed E-state index contributed by atoms with van der Waals surface area (Å²) in [6, 6.07) is 18.3. The molecule has 1 N–H and O–H groups in total. The number of carbonyl (C=O) groups is 2. The lowest BCUT2D eigenvalue weighted by molar-refractivity contribution is -0.115. The van der Waals surface area contributed by atoms with Crippen LogP contribution in [0, 0.1) is 17.6 Å². The minimum atomic E-state index is -0.968. The van der Waals surface area contributed by atoms with Crippen molar-refractivity contribution in [2.75, 3.05) is 5.32 Å². The first-order valence-electron chi connectivity index (χ1n) is 9.48. The molecule has 0 atom stereocenters. The van der Waals surface area contributed by atoms with E-state index in [1.54, 1.807) is 12.1 Å². The summed E-state index contributed by atoms with van der Waals surface area (Å²) >= 11 is 0. The molecule has 0 bridgehead atoms. The van der Waals surface area contributed by atoms with Gasteiger partial charge >= 0.3 is 0 Å². The van der Waals surface area contributed by atoms with Crippen LogP contribution in [0.2, 0.25) is 0 Å². The minimum Gasteiger partial charge on any atom is -0.326 e. The Morgan fingerprint density at radius 1 is 0.828 bits per heavy atom. The number of Topliss-reactive ketones (excluding diaryl/α,β-unsaturated/α-hetero) is 1. The molecule has 1 aliphatic carbocycles. The lowest BCUT2D eigenvalue weighted by Crippen LogP contribution is -2.14. The number of amides is 1. The van der Waals surface area contributed by atoms with E-state index in [9.17, 15) is 18.4 Å². The Balaban J connectivity index is 1.38. The Labute approximate surface area is 167 Å². The summed E-state index contributed by atoms with van der Waals surface area (Å²) in [4.78, 5) is 24.2. The fraction of sp³-hybridized carbons (Fsp3) is 0.167. The van der Waals surface area contributed by atoms with Gasteiger partial charge in [-0.3, -0.25) is 9.59 Å². The van der Waals surface area contributed by atoms with Gasteiger partial charge in [0, 0.05) is 17.2 Å². The SMILES string of the molecule is O=C(Cc1ccc(F)c(F)c1)Nc1ccc(-c2ccc(C(=O)C3CC3)cc2)cc1. The smallest absolute Gasteiger partial charge is 0.228 e. The maximum atomic E-state index is 13.2. The van der Waals surface area contributed by atoms with Crippen LogP contribution in [-0.2, 0) is 11.2 Å².